The molecule has 7 nitrogen and oxygen atoms in total. The third-order valence-corrected chi connectivity index (χ3v) is 4.55. The molecule has 0 aliphatic heterocycles. The number of carbonyl (C=O) groups excluding carboxylic acids is 2. The van der Waals surface area contributed by atoms with Gasteiger partial charge in [-0.3, -0.25) is 9.59 Å². The SMILES string of the molecule is NC(=O)c1cn(-c2ccc(Cl)cc2)nc1C(=O)c1cc2cc(Cl)ccc2nn1. The van der Waals surface area contributed by atoms with Gasteiger partial charge in [0.25, 0.3) is 5.91 Å². The van der Waals surface area contributed by atoms with E-state index < -0.39 is 11.7 Å². The first kappa shape index (κ1) is 18.1. The highest BCUT2D eigenvalue weighted by atomic mass is 35.5. The van der Waals surface area contributed by atoms with Crippen LogP contribution in [0.5, 0.6) is 0 Å². The van der Waals surface area contributed by atoms with Crippen molar-refractivity contribution in [3.63, 3.8) is 0 Å². The number of benzene rings is 2. The van der Waals surface area contributed by atoms with Crippen LogP contribution in [0.15, 0.2) is 54.7 Å². The summed E-state index contributed by atoms with van der Waals surface area (Å²) >= 11 is 11.9. The normalized spacial score (nSPS) is 10.9. The van der Waals surface area contributed by atoms with Crippen molar-refractivity contribution in [2.45, 2.75) is 0 Å². The number of amides is 1. The highest BCUT2D eigenvalue weighted by Crippen LogP contribution is 2.21. The molecule has 0 fully saturated rings. The van der Waals surface area contributed by atoms with Gasteiger partial charge in [0.2, 0.25) is 5.78 Å². The maximum Gasteiger partial charge on any atom is 0.252 e. The van der Waals surface area contributed by atoms with Crippen LogP contribution in [-0.4, -0.2) is 31.7 Å². The van der Waals surface area contributed by atoms with E-state index in [2.05, 4.69) is 15.3 Å². The van der Waals surface area contributed by atoms with Gasteiger partial charge in [-0.1, -0.05) is 23.2 Å². The zero-order valence-corrected chi connectivity index (χ0v) is 15.6. The summed E-state index contributed by atoms with van der Waals surface area (Å²) in [6, 6.07) is 13.3. The molecule has 4 aromatic rings. The number of halogens is 2. The Morgan fingerprint density at radius 2 is 1.64 bits per heavy atom. The van der Waals surface area contributed by atoms with Crippen LogP contribution in [0.1, 0.15) is 26.5 Å². The first-order valence-electron chi connectivity index (χ1n) is 8.05. The summed E-state index contributed by atoms with van der Waals surface area (Å²) in [5, 5.41) is 13.9. The molecule has 0 saturated heterocycles. The maximum absolute atomic E-state index is 13.0. The number of nitrogens with two attached hydrogens (primary N) is 1. The second-order valence-electron chi connectivity index (χ2n) is 5.94. The standard InChI is InChI=1S/C19H11Cl2N5O2/c20-11-1-4-13(5-2-11)26-9-14(19(22)28)17(25-26)18(27)16-8-10-7-12(21)3-6-15(10)23-24-16/h1-9H,(H2,22,28). The topological polar surface area (TPSA) is 104 Å². The molecule has 138 valence electrons. The molecule has 0 saturated carbocycles. The molecule has 0 unspecified atom stereocenters. The van der Waals surface area contributed by atoms with E-state index in [1.165, 1.54) is 10.9 Å². The summed E-state index contributed by atoms with van der Waals surface area (Å²) in [4.78, 5) is 24.8. The molecule has 4 rings (SSSR count). The van der Waals surface area contributed by atoms with Crippen molar-refractivity contribution >= 4 is 45.8 Å². The fraction of sp³-hybridized carbons (Fsp3) is 0. The molecule has 2 N–H and O–H groups in total. The summed E-state index contributed by atoms with van der Waals surface area (Å²) in [5.74, 6) is -1.35. The van der Waals surface area contributed by atoms with Crippen molar-refractivity contribution in [3.8, 4) is 5.69 Å². The lowest BCUT2D eigenvalue weighted by Crippen LogP contribution is -2.16. The summed E-state index contributed by atoms with van der Waals surface area (Å²) in [6.07, 6.45) is 1.39. The van der Waals surface area contributed by atoms with E-state index in [-0.39, 0.29) is 17.0 Å². The van der Waals surface area contributed by atoms with Crippen molar-refractivity contribution in [2.75, 3.05) is 0 Å². The number of nitrogens with zero attached hydrogens (tertiary/aromatic N) is 4. The first-order valence-corrected chi connectivity index (χ1v) is 8.81. The monoisotopic (exact) mass is 411 g/mol. The summed E-state index contributed by atoms with van der Waals surface area (Å²) < 4.78 is 1.38. The van der Waals surface area contributed by atoms with Gasteiger partial charge in [0.15, 0.2) is 0 Å². The number of hydrogen-bond donors (Lipinski definition) is 1. The molecule has 2 heterocycles. The molecule has 0 atom stereocenters. The Hall–Kier alpha value is -3.29. The van der Waals surface area contributed by atoms with Gasteiger partial charge < -0.3 is 5.73 Å². The first-order chi connectivity index (χ1) is 13.4. The zero-order valence-electron chi connectivity index (χ0n) is 14.1. The molecule has 0 aliphatic rings. The van der Waals surface area contributed by atoms with Gasteiger partial charge >= 0.3 is 0 Å². The third kappa shape index (κ3) is 3.33. The summed E-state index contributed by atoms with van der Waals surface area (Å²) in [5.41, 5.74) is 6.53. The highest BCUT2D eigenvalue weighted by Gasteiger charge is 2.24. The van der Waals surface area contributed by atoms with Gasteiger partial charge in [-0.05, 0) is 48.5 Å². The van der Waals surface area contributed by atoms with Crippen LogP contribution in [0.25, 0.3) is 16.6 Å². The van der Waals surface area contributed by atoms with Gasteiger partial charge in [-0.15, -0.1) is 10.2 Å². The zero-order chi connectivity index (χ0) is 19.8. The average Bonchev–Trinajstić information content (AvgIpc) is 3.13. The summed E-state index contributed by atoms with van der Waals surface area (Å²) in [6.45, 7) is 0. The van der Waals surface area contributed by atoms with Crippen molar-refractivity contribution < 1.29 is 9.59 Å². The molecule has 0 aliphatic carbocycles. The van der Waals surface area contributed by atoms with E-state index in [0.29, 0.717) is 26.6 Å². The van der Waals surface area contributed by atoms with Gasteiger partial charge in [-0.25, -0.2) is 4.68 Å². The Bertz CT molecular complexity index is 1240. The smallest absolute Gasteiger partial charge is 0.252 e. The number of aromatic nitrogens is 4. The predicted molar refractivity (Wildman–Crippen MR) is 105 cm³/mol. The largest absolute Gasteiger partial charge is 0.365 e. The molecule has 2 aromatic heterocycles. The molecule has 2 aromatic carbocycles. The fourth-order valence-electron chi connectivity index (χ4n) is 2.70. The van der Waals surface area contributed by atoms with Crippen molar-refractivity contribution in [2.24, 2.45) is 5.73 Å². The van der Waals surface area contributed by atoms with E-state index >= 15 is 0 Å². The lowest BCUT2D eigenvalue weighted by molar-refractivity contribution is 0.0978. The van der Waals surface area contributed by atoms with Crippen molar-refractivity contribution in [3.05, 3.63) is 81.7 Å². The van der Waals surface area contributed by atoms with Gasteiger partial charge in [-0.2, -0.15) is 5.10 Å². The Balaban J connectivity index is 1.80. The number of primary amides is 1. The minimum atomic E-state index is -0.777. The quantitative estimate of drug-likeness (QED) is 0.517. The van der Waals surface area contributed by atoms with E-state index in [1.807, 2.05) is 0 Å². The molecule has 0 bridgehead atoms. The second-order valence-corrected chi connectivity index (χ2v) is 6.81. The minimum absolute atomic E-state index is 0.0204. The number of fused-ring (bicyclic) bond motifs is 1. The Morgan fingerprint density at radius 3 is 2.36 bits per heavy atom. The van der Waals surface area contributed by atoms with Crippen molar-refractivity contribution in [1.29, 1.82) is 0 Å². The molecule has 0 radical (unpaired) electrons. The van der Waals surface area contributed by atoms with E-state index in [4.69, 9.17) is 28.9 Å². The molecular formula is C19H11Cl2N5O2. The van der Waals surface area contributed by atoms with Crippen LogP contribution in [0.4, 0.5) is 0 Å². The van der Waals surface area contributed by atoms with Crippen molar-refractivity contribution in [1.82, 2.24) is 20.0 Å². The number of ketones is 1. The van der Waals surface area contributed by atoms with Crippen LogP contribution in [0, 0.1) is 0 Å². The third-order valence-electron chi connectivity index (χ3n) is 4.07. The summed E-state index contributed by atoms with van der Waals surface area (Å²) in [7, 11) is 0. The highest BCUT2D eigenvalue weighted by molar-refractivity contribution is 6.31. The Labute approximate surface area is 168 Å². The number of carbonyl (C=O) groups is 2. The molecule has 1 amide bonds. The number of rotatable bonds is 4. The predicted octanol–water partition coefficient (Wildman–Crippen LogP) is 3.45. The van der Waals surface area contributed by atoms with E-state index in [1.54, 1.807) is 48.5 Å². The van der Waals surface area contributed by atoms with E-state index in [9.17, 15) is 9.59 Å². The maximum atomic E-state index is 13.0. The van der Waals surface area contributed by atoms with Crippen LogP contribution in [-0.2, 0) is 0 Å². The minimum Gasteiger partial charge on any atom is -0.365 e. The molecular weight excluding hydrogens is 401 g/mol. The average molecular weight is 412 g/mol. The Morgan fingerprint density at radius 1 is 0.929 bits per heavy atom. The van der Waals surface area contributed by atoms with Crippen LogP contribution in [0.2, 0.25) is 10.0 Å². The van der Waals surface area contributed by atoms with Gasteiger partial charge in [0.05, 0.1) is 16.8 Å². The molecule has 9 heteroatoms. The second kappa shape index (κ2) is 7.03. The Kier molecular flexibility index (Phi) is 4.54. The fourth-order valence-corrected chi connectivity index (χ4v) is 3.00. The van der Waals surface area contributed by atoms with E-state index in [0.717, 1.165) is 0 Å². The van der Waals surface area contributed by atoms with Crippen LogP contribution >= 0.6 is 23.2 Å². The van der Waals surface area contributed by atoms with Crippen LogP contribution < -0.4 is 5.73 Å². The molecule has 0 spiro atoms. The van der Waals surface area contributed by atoms with Gasteiger partial charge in [0, 0.05) is 21.6 Å². The number of hydrogen-bond acceptors (Lipinski definition) is 5. The lowest BCUT2D eigenvalue weighted by Gasteiger charge is -2.02. The van der Waals surface area contributed by atoms with Gasteiger partial charge in [0.1, 0.15) is 11.4 Å². The van der Waals surface area contributed by atoms with Crippen LogP contribution in [0.3, 0.4) is 0 Å². The molecule has 28 heavy (non-hydrogen) atoms. The lowest BCUT2D eigenvalue weighted by atomic mass is 10.1.